The fourth-order valence-corrected chi connectivity index (χ4v) is 2.24. The highest BCUT2D eigenvalue weighted by molar-refractivity contribution is 5.89. The van der Waals surface area contributed by atoms with Gasteiger partial charge in [0.15, 0.2) is 0 Å². The number of rotatable bonds is 4. The summed E-state index contributed by atoms with van der Waals surface area (Å²) in [6.45, 7) is 6.85. The van der Waals surface area contributed by atoms with Crippen molar-refractivity contribution < 1.29 is 9.59 Å². The first-order valence-corrected chi connectivity index (χ1v) is 7.13. The van der Waals surface area contributed by atoms with Crippen molar-refractivity contribution in [1.82, 2.24) is 20.0 Å². The maximum atomic E-state index is 12.2. The molecule has 0 radical (unpaired) electrons. The van der Waals surface area contributed by atoms with E-state index in [4.69, 9.17) is 0 Å². The number of hydrogen-bond acceptors (Lipinski definition) is 3. The topological polar surface area (TPSA) is 67.2 Å². The van der Waals surface area contributed by atoms with Crippen LogP contribution < -0.4 is 5.32 Å². The Balaban J connectivity index is 2.06. The Hall–Kier alpha value is -1.85. The minimum absolute atomic E-state index is 0.0473. The molecule has 2 rings (SSSR count). The van der Waals surface area contributed by atoms with Crippen LogP contribution in [-0.2, 0) is 16.1 Å². The van der Waals surface area contributed by atoms with Crippen LogP contribution in [0.2, 0.25) is 0 Å². The second kappa shape index (κ2) is 6.07. The average Bonchev–Trinajstić information content (AvgIpc) is 2.85. The predicted octanol–water partition coefficient (Wildman–Crippen LogP) is 1.09. The van der Waals surface area contributed by atoms with Crippen molar-refractivity contribution in [2.45, 2.75) is 52.2 Å². The zero-order valence-corrected chi connectivity index (χ0v) is 12.3. The Morgan fingerprint density at radius 2 is 2.25 bits per heavy atom. The molecule has 6 nitrogen and oxygen atoms in total. The summed E-state index contributed by atoms with van der Waals surface area (Å²) in [6, 6.07) is 1.83. The third-order valence-electron chi connectivity index (χ3n) is 3.73. The summed E-state index contributed by atoms with van der Waals surface area (Å²) in [6.07, 6.45) is 3.31. The fraction of sp³-hybridized carbons (Fsp3) is 0.643. The van der Waals surface area contributed by atoms with Gasteiger partial charge in [-0.15, -0.1) is 0 Å². The van der Waals surface area contributed by atoms with Crippen LogP contribution in [-0.4, -0.2) is 39.1 Å². The highest BCUT2D eigenvalue weighted by Gasteiger charge is 2.26. The van der Waals surface area contributed by atoms with Gasteiger partial charge < -0.3 is 10.2 Å². The van der Waals surface area contributed by atoms with Crippen molar-refractivity contribution in [3.63, 3.8) is 0 Å². The Bertz CT molecular complexity index is 497. The molecule has 1 aliphatic heterocycles. The number of hydrogen-bond donors (Lipinski definition) is 1. The van der Waals surface area contributed by atoms with Gasteiger partial charge in [-0.25, -0.2) is 0 Å². The molecule has 2 atom stereocenters. The van der Waals surface area contributed by atoms with Crippen LogP contribution in [0.1, 0.15) is 45.3 Å². The molecular formula is C14H22N4O2. The molecule has 0 spiro atoms. The molecule has 0 aliphatic carbocycles. The molecule has 2 unspecified atom stereocenters. The number of carbonyl (C=O) groups is 2. The first kappa shape index (κ1) is 14.6. The van der Waals surface area contributed by atoms with Crippen molar-refractivity contribution in [3.05, 3.63) is 18.0 Å². The maximum Gasteiger partial charge on any atom is 0.245 e. The van der Waals surface area contributed by atoms with E-state index in [2.05, 4.69) is 24.3 Å². The highest BCUT2D eigenvalue weighted by atomic mass is 16.2. The van der Waals surface area contributed by atoms with Gasteiger partial charge in [-0.2, -0.15) is 5.10 Å². The molecule has 20 heavy (non-hydrogen) atoms. The van der Waals surface area contributed by atoms with Crippen LogP contribution in [0, 0.1) is 0 Å². The van der Waals surface area contributed by atoms with Crippen molar-refractivity contribution in [3.8, 4) is 0 Å². The van der Waals surface area contributed by atoms with Crippen LogP contribution in [0.5, 0.6) is 0 Å². The molecule has 2 amide bonds. The Morgan fingerprint density at radius 3 is 2.95 bits per heavy atom. The summed E-state index contributed by atoms with van der Waals surface area (Å²) >= 11 is 0. The monoisotopic (exact) mass is 278 g/mol. The summed E-state index contributed by atoms with van der Waals surface area (Å²) in [5.74, 6) is -0.118. The number of nitrogens with one attached hydrogen (secondary N) is 1. The van der Waals surface area contributed by atoms with Gasteiger partial charge in [0.25, 0.3) is 0 Å². The van der Waals surface area contributed by atoms with Gasteiger partial charge in [-0.3, -0.25) is 14.3 Å². The molecule has 110 valence electrons. The van der Waals surface area contributed by atoms with Crippen LogP contribution in [0.3, 0.4) is 0 Å². The van der Waals surface area contributed by atoms with Gasteiger partial charge in [-0.1, -0.05) is 6.92 Å². The third-order valence-corrected chi connectivity index (χ3v) is 3.73. The third kappa shape index (κ3) is 3.18. The predicted molar refractivity (Wildman–Crippen MR) is 74.9 cm³/mol. The lowest BCUT2D eigenvalue weighted by Gasteiger charge is -2.21. The van der Waals surface area contributed by atoms with Crippen LogP contribution in [0.4, 0.5) is 0 Å². The number of carbonyl (C=O) groups excluding carboxylic acids is 2. The zero-order chi connectivity index (χ0) is 14.7. The van der Waals surface area contributed by atoms with Crippen LogP contribution in [0.15, 0.2) is 12.3 Å². The smallest absolute Gasteiger partial charge is 0.245 e. The minimum atomic E-state index is -0.457. The molecule has 1 aromatic rings. The molecule has 0 saturated carbocycles. The van der Waals surface area contributed by atoms with Gasteiger partial charge in [0.1, 0.15) is 6.04 Å². The van der Waals surface area contributed by atoms with Crippen LogP contribution in [0.25, 0.3) is 0 Å². The molecular weight excluding hydrogens is 256 g/mol. The number of amides is 2. The van der Waals surface area contributed by atoms with E-state index in [1.54, 1.807) is 11.8 Å². The van der Waals surface area contributed by atoms with Gasteiger partial charge in [-0.05, 0) is 26.3 Å². The van der Waals surface area contributed by atoms with E-state index in [9.17, 15) is 9.59 Å². The summed E-state index contributed by atoms with van der Waals surface area (Å²) in [4.78, 5) is 25.3. The van der Waals surface area contributed by atoms with Gasteiger partial charge in [0.05, 0.1) is 12.2 Å². The van der Waals surface area contributed by atoms with Gasteiger partial charge >= 0.3 is 0 Å². The van der Waals surface area contributed by atoms with Crippen LogP contribution >= 0.6 is 0 Å². The molecule has 1 aliphatic rings. The van der Waals surface area contributed by atoms with Crippen molar-refractivity contribution in [1.29, 1.82) is 0 Å². The van der Waals surface area contributed by atoms with E-state index >= 15 is 0 Å². The molecule has 1 fully saturated rings. The van der Waals surface area contributed by atoms with E-state index in [0.29, 0.717) is 25.6 Å². The Morgan fingerprint density at radius 1 is 1.50 bits per heavy atom. The fourth-order valence-electron chi connectivity index (χ4n) is 2.24. The summed E-state index contributed by atoms with van der Waals surface area (Å²) in [5.41, 5.74) is 0.861. The number of aromatic nitrogens is 2. The van der Waals surface area contributed by atoms with Crippen molar-refractivity contribution >= 4 is 11.8 Å². The Kier molecular flexibility index (Phi) is 4.42. The highest BCUT2D eigenvalue weighted by Crippen LogP contribution is 2.12. The van der Waals surface area contributed by atoms with Gasteiger partial charge in [0.2, 0.25) is 11.8 Å². The molecule has 0 aromatic carbocycles. The summed E-state index contributed by atoms with van der Waals surface area (Å²) < 4.78 is 1.92. The number of nitrogens with zero attached hydrogens (tertiary/aromatic N) is 3. The van der Waals surface area contributed by atoms with Crippen molar-refractivity contribution in [2.24, 2.45) is 0 Å². The molecule has 1 saturated heterocycles. The average molecular weight is 278 g/mol. The summed E-state index contributed by atoms with van der Waals surface area (Å²) in [5, 5.41) is 7.19. The quantitative estimate of drug-likeness (QED) is 0.896. The molecule has 1 N–H and O–H groups in total. The molecule has 6 heteroatoms. The lowest BCUT2D eigenvalue weighted by Crippen LogP contribution is -2.42. The van der Waals surface area contributed by atoms with E-state index < -0.39 is 6.04 Å². The zero-order valence-electron chi connectivity index (χ0n) is 12.3. The maximum absolute atomic E-state index is 12.2. The molecule has 2 heterocycles. The van der Waals surface area contributed by atoms with E-state index in [1.165, 1.54) is 0 Å². The first-order chi connectivity index (χ1) is 9.51. The SMILES string of the molecule is CCC(C)n1ccc(CN2CCC(=O)NC(C)C2=O)n1. The van der Waals surface area contributed by atoms with E-state index in [0.717, 1.165) is 12.1 Å². The standard InChI is InChI=1S/C14H22N4O2/c1-4-10(2)18-8-5-12(16-18)9-17-7-6-13(19)15-11(3)14(17)20/h5,8,10-11H,4,6-7,9H2,1-3H3,(H,15,19). The lowest BCUT2D eigenvalue weighted by molar-refractivity contribution is -0.133. The largest absolute Gasteiger partial charge is 0.345 e. The second-order valence-electron chi connectivity index (χ2n) is 5.34. The molecule has 0 bridgehead atoms. The molecule has 1 aromatic heterocycles. The van der Waals surface area contributed by atoms with E-state index in [1.807, 2.05) is 16.9 Å². The van der Waals surface area contributed by atoms with Crippen molar-refractivity contribution in [2.75, 3.05) is 6.54 Å². The first-order valence-electron chi connectivity index (χ1n) is 7.13. The van der Waals surface area contributed by atoms with Gasteiger partial charge in [0, 0.05) is 25.2 Å². The second-order valence-corrected chi connectivity index (χ2v) is 5.34. The Labute approximate surface area is 119 Å². The summed E-state index contributed by atoms with van der Waals surface area (Å²) in [7, 11) is 0. The van der Waals surface area contributed by atoms with E-state index in [-0.39, 0.29) is 11.8 Å². The minimum Gasteiger partial charge on any atom is -0.345 e. The lowest BCUT2D eigenvalue weighted by atomic mass is 10.3. The normalized spacial score (nSPS) is 21.6.